The van der Waals surface area contributed by atoms with Crippen molar-refractivity contribution in [3.8, 4) is 0 Å². The Labute approximate surface area is 112 Å². The van der Waals surface area contributed by atoms with Gasteiger partial charge in [0.2, 0.25) is 0 Å². The van der Waals surface area contributed by atoms with Crippen LogP contribution in [0.2, 0.25) is 0 Å². The molecule has 1 aromatic carbocycles. The van der Waals surface area contributed by atoms with Crippen LogP contribution in [0.3, 0.4) is 0 Å². The Balaban J connectivity index is 2.09. The Hall–Kier alpha value is -2.14. The average molecular weight is 258 g/mol. The highest BCUT2D eigenvalue weighted by Gasteiger charge is 2.13. The molecule has 1 aromatic heterocycles. The van der Waals surface area contributed by atoms with E-state index in [1.165, 1.54) is 0 Å². The van der Waals surface area contributed by atoms with E-state index in [1.54, 1.807) is 6.20 Å². The monoisotopic (exact) mass is 258 g/mol. The van der Waals surface area contributed by atoms with Gasteiger partial charge in [-0.15, -0.1) is 0 Å². The minimum atomic E-state index is -0.136. The maximum Gasteiger partial charge on any atom is 0.259 e. The second-order valence-corrected chi connectivity index (χ2v) is 4.33. The fourth-order valence-electron chi connectivity index (χ4n) is 1.86. The summed E-state index contributed by atoms with van der Waals surface area (Å²) < 4.78 is 1.81. The zero-order chi connectivity index (χ0) is 13.7. The number of aromatic nitrogens is 2. The van der Waals surface area contributed by atoms with Gasteiger partial charge in [-0.05, 0) is 32.0 Å². The molecule has 2 aromatic rings. The molecule has 0 radical (unpaired) electrons. The average Bonchev–Trinajstić information content (AvgIpc) is 2.79. The number of para-hydroxylation sites is 1. The summed E-state index contributed by atoms with van der Waals surface area (Å²) in [5.74, 6) is -0.136. The Bertz CT molecular complexity index is 548. The summed E-state index contributed by atoms with van der Waals surface area (Å²) in [7, 11) is 0. The van der Waals surface area contributed by atoms with Gasteiger partial charge in [-0.2, -0.15) is 5.10 Å². The van der Waals surface area contributed by atoms with Crippen molar-refractivity contribution in [2.24, 2.45) is 5.73 Å². The van der Waals surface area contributed by atoms with E-state index in [0.717, 1.165) is 24.3 Å². The number of aryl methyl sites for hydroxylation is 1. The van der Waals surface area contributed by atoms with Crippen molar-refractivity contribution in [3.05, 3.63) is 47.8 Å². The number of rotatable bonds is 5. The van der Waals surface area contributed by atoms with Crippen LogP contribution in [0.5, 0.6) is 0 Å². The van der Waals surface area contributed by atoms with Gasteiger partial charge in [0.05, 0.1) is 11.8 Å². The van der Waals surface area contributed by atoms with E-state index in [0.29, 0.717) is 12.1 Å². The number of amides is 1. The molecule has 2 rings (SSSR count). The van der Waals surface area contributed by atoms with Crippen LogP contribution in [0.4, 0.5) is 5.69 Å². The van der Waals surface area contributed by atoms with Gasteiger partial charge in [0.15, 0.2) is 0 Å². The number of nitrogens with two attached hydrogens (primary N) is 1. The Kier molecular flexibility index (Phi) is 4.30. The first-order valence-corrected chi connectivity index (χ1v) is 6.31. The number of anilines is 1. The van der Waals surface area contributed by atoms with Crippen molar-refractivity contribution in [2.75, 3.05) is 11.9 Å². The van der Waals surface area contributed by atoms with Crippen LogP contribution >= 0.6 is 0 Å². The minimum Gasteiger partial charge on any atom is -0.330 e. The van der Waals surface area contributed by atoms with Crippen LogP contribution in [-0.4, -0.2) is 22.2 Å². The number of benzene rings is 1. The number of nitrogens with one attached hydrogen (secondary N) is 1. The second-order valence-electron chi connectivity index (χ2n) is 4.33. The highest BCUT2D eigenvalue weighted by atomic mass is 16.1. The third-order valence-electron chi connectivity index (χ3n) is 2.95. The lowest BCUT2D eigenvalue weighted by molar-refractivity contribution is 0.102. The van der Waals surface area contributed by atoms with Crippen molar-refractivity contribution < 1.29 is 4.79 Å². The molecule has 5 heteroatoms. The summed E-state index contributed by atoms with van der Waals surface area (Å²) in [6.07, 6.45) is 2.45. The molecular formula is C14H18N4O. The van der Waals surface area contributed by atoms with Gasteiger partial charge in [0.25, 0.3) is 5.91 Å². The smallest absolute Gasteiger partial charge is 0.259 e. The molecule has 100 valence electrons. The van der Waals surface area contributed by atoms with Crippen LogP contribution in [-0.2, 0) is 6.54 Å². The lowest BCUT2D eigenvalue weighted by Gasteiger charge is -2.06. The zero-order valence-electron chi connectivity index (χ0n) is 11.0. The Morgan fingerprint density at radius 3 is 2.79 bits per heavy atom. The number of carbonyl (C=O) groups is 1. The molecule has 0 saturated heterocycles. The van der Waals surface area contributed by atoms with E-state index >= 15 is 0 Å². The van der Waals surface area contributed by atoms with E-state index < -0.39 is 0 Å². The first kappa shape index (κ1) is 13.3. The molecule has 19 heavy (non-hydrogen) atoms. The third kappa shape index (κ3) is 3.20. The first-order valence-electron chi connectivity index (χ1n) is 6.31. The summed E-state index contributed by atoms with van der Waals surface area (Å²) in [4.78, 5) is 12.1. The van der Waals surface area contributed by atoms with Crippen molar-refractivity contribution in [1.29, 1.82) is 0 Å². The molecule has 0 aliphatic rings. The fourth-order valence-corrected chi connectivity index (χ4v) is 1.86. The molecule has 1 amide bonds. The summed E-state index contributed by atoms with van der Waals surface area (Å²) in [5, 5.41) is 7.07. The number of nitrogens with zero attached hydrogens (tertiary/aromatic N) is 2. The quantitative estimate of drug-likeness (QED) is 0.858. The molecule has 0 bridgehead atoms. The summed E-state index contributed by atoms with van der Waals surface area (Å²) in [6.45, 7) is 3.25. The van der Waals surface area contributed by atoms with E-state index in [4.69, 9.17) is 5.73 Å². The van der Waals surface area contributed by atoms with Crippen LogP contribution in [0.25, 0.3) is 0 Å². The maximum absolute atomic E-state index is 12.1. The molecule has 3 N–H and O–H groups in total. The number of carbonyl (C=O) groups excluding carboxylic acids is 1. The van der Waals surface area contributed by atoms with E-state index in [1.807, 2.05) is 41.9 Å². The van der Waals surface area contributed by atoms with Gasteiger partial charge in [0, 0.05) is 17.9 Å². The summed E-state index contributed by atoms with van der Waals surface area (Å²) >= 11 is 0. The normalized spacial score (nSPS) is 10.4. The van der Waals surface area contributed by atoms with E-state index in [-0.39, 0.29) is 5.91 Å². The van der Waals surface area contributed by atoms with Crippen LogP contribution < -0.4 is 11.1 Å². The predicted molar refractivity (Wildman–Crippen MR) is 75.0 cm³/mol. The highest BCUT2D eigenvalue weighted by molar-refractivity contribution is 6.04. The summed E-state index contributed by atoms with van der Waals surface area (Å²) in [5.41, 5.74) is 7.71. The van der Waals surface area contributed by atoms with Crippen molar-refractivity contribution in [1.82, 2.24) is 9.78 Å². The summed E-state index contributed by atoms with van der Waals surface area (Å²) in [6, 6.07) is 9.38. The minimum absolute atomic E-state index is 0.136. The number of hydrogen-bond acceptors (Lipinski definition) is 3. The van der Waals surface area contributed by atoms with Gasteiger partial charge in [-0.1, -0.05) is 18.2 Å². The highest BCUT2D eigenvalue weighted by Crippen LogP contribution is 2.12. The molecule has 0 fully saturated rings. The lowest BCUT2D eigenvalue weighted by atomic mass is 10.2. The lowest BCUT2D eigenvalue weighted by Crippen LogP contribution is -2.14. The van der Waals surface area contributed by atoms with Crippen LogP contribution in [0.15, 0.2) is 36.5 Å². The standard InChI is InChI=1S/C14H18N4O/c1-11-13(10-16-18(11)9-5-8-15)14(19)17-12-6-3-2-4-7-12/h2-4,6-7,10H,5,8-9,15H2,1H3,(H,17,19). The molecule has 1 heterocycles. The zero-order valence-corrected chi connectivity index (χ0v) is 11.0. The van der Waals surface area contributed by atoms with E-state index in [9.17, 15) is 4.79 Å². The second kappa shape index (κ2) is 6.15. The molecule has 0 saturated carbocycles. The van der Waals surface area contributed by atoms with E-state index in [2.05, 4.69) is 10.4 Å². The van der Waals surface area contributed by atoms with Gasteiger partial charge in [-0.25, -0.2) is 0 Å². The van der Waals surface area contributed by atoms with Crippen molar-refractivity contribution in [2.45, 2.75) is 19.9 Å². The Morgan fingerprint density at radius 1 is 1.37 bits per heavy atom. The maximum atomic E-state index is 12.1. The van der Waals surface area contributed by atoms with Gasteiger partial charge < -0.3 is 11.1 Å². The van der Waals surface area contributed by atoms with Gasteiger partial charge in [0.1, 0.15) is 0 Å². The van der Waals surface area contributed by atoms with Crippen LogP contribution in [0, 0.1) is 6.92 Å². The molecule has 0 unspecified atom stereocenters. The third-order valence-corrected chi connectivity index (χ3v) is 2.95. The number of hydrogen-bond donors (Lipinski definition) is 2. The first-order chi connectivity index (χ1) is 9.22. The predicted octanol–water partition coefficient (Wildman–Crippen LogP) is 1.79. The largest absolute Gasteiger partial charge is 0.330 e. The molecule has 0 aliphatic carbocycles. The molecule has 0 aliphatic heterocycles. The fraction of sp³-hybridized carbons (Fsp3) is 0.286. The molecule has 0 atom stereocenters. The van der Waals surface area contributed by atoms with Gasteiger partial charge in [-0.3, -0.25) is 9.48 Å². The SMILES string of the molecule is Cc1c(C(=O)Nc2ccccc2)cnn1CCCN. The van der Waals surface area contributed by atoms with Crippen molar-refractivity contribution in [3.63, 3.8) is 0 Å². The van der Waals surface area contributed by atoms with Crippen LogP contribution in [0.1, 0.15) is 22.5 Å². The molecular weight excluding hydrogens is 240 g/mol. The molecule has 0 spiro atoms. The molecule has 5 nitrogen and oxygen atoms in total. The van der Waals surface area contributed by atoms with Crippen molar-refractivity contribution >= 4 is 11.6 Å². The van der Waals surface area contributed by atoms with Gasteiger partial charge >= 0.3 is 0 Å². The Morgan fingerprint density at radius 2 is 2.11 bits per heavy atom. The topological polar surface area (TPSA) is 72.9 Å².